The summed E-state index contributed by atoms with van der Waals surface area (Å²) in [5, 5.41) is 0. The van der Waals surface area contributed by atoms with Crippen LogP contribution < -0.4 is 0 Å². The van der Waals surface area contributed by atoms with Gasteiger partial charge in [0.1, 0.15) is 13.2 Å². The van der Waals surface area contributed by atoms with E-state index in [0.717, 1.165) is 16.0 Å². The first-order chi connectivity index (χ1) is 10.1. The molecule has 0 saturated carbocycles. The maximum absolute atomic E-state index is 11.5. The Morgan fingerprint density at radius 1 is 0.857 bits per heavy atom. The van der Waals surface area contributed by atoms with Crippen LogP contribution in [0.1, 0.15) is 11.1 Å². The van der Waals surface area contributed by atoms with Crippen LogP contribution in [0.4, 0.5) is 4.79 Å². The van der Waals surface area contributed by atoms with Crippen molar-refractivity contribution in [2.45, 2.75) is 27.9 Å². The van der Waals surface area contributed by atoms with E-state index in [-0.39, 0.29) is 13.2 Å². The highest BCUT2D eigenvalue weighted by atomic mass is 32.1. The van der Waals surface area contributed by atoms with E-state index in [2.05, 4.69) is 37.9 Å². The molecular weight excluding hydrogens is 324 g/mol. The standard InChI is InChI=1S/C15H14O3S3/c16-15(17-8-10-4-2-1-3-5-10)18-9-11-6-7-12(19)14(21)13(11)20/h1-7,19-21H,8-9H2. The lowest BCUT2D eigenvalue weighted by Crippen LogP contribution is -2.08. The first-order valence-corrected chi connectivity index (χ1v) is 7.48. The van der Waals surface area contributed by atoms with Crippen molar-refractivity contribution in [1.82, 2.24) is 0 Å². The van der Waals surface area contributed by atoms with E-state index in [4.69, 9.17) is 9.47 Å². The molecule has 2 aromatic rings. The monoisotopic (exact) mass is 338 g/mol. The average Bonchev–Trinajstić information content (AvgIpc) is 2.51. The fraction of sp³-hybridized carbons (Fsp3) is 0.133. The van der Waals surface area contributed by atoms with Crippen molar-refractivity contribution in [3.05, 3.63) is 53.6 Å². The van der Waals surface area contributed by atoms with Gasteiger partial charge in [0, 0.05) is 20.2 Å². The molecule has 0 saturated heterocycles. The van der Waals surface area contributed by atoms with E-state index in [1.165, 1.54) is 0 Å². The van der Waals surface area contributed by atoms with E-state index in [1.807, 2.05) is 30.3 Å². The molecule has 2 aromatic carbocycles. The molecule has 3 nitrogen and oxygen atoms in total. The first kappa shape index (κ1) is 16.1. The molecule has 0 aliphatic carbocycles. The molecule has 0 bridgehead atoms. The van der Waals surface area contributed by atoms with Crippen LogP contribution in [0.3, 0.4) is 0 Å². The lowest BCUT2D eigenvalue weighted by molar-refractivity contribution is 0.0441. The number of carbonyl (C=O) groups is 1. The Kier molecular flexibility index (Phi) is 5.90. The van der Waals surface area contributed by atoms with Crippen LogP contribution in [0.2, 0.25) is 0 Å². The Hall–Kier alpha value is -1.24. The van der Waals surface area contributed by atoms with Crippen molar-refractivity contribution in [2.75, 3.05) is 0 Å². The summed E-state index contributed by atoms with van der Waals surface area (Å²) in [5.74, 6) is 0. The third-order valence-corrected chi connectivity index (χ3v) is 4.46. The molecule has 0 spiro atoms. The van der Waals surface area contributed by atoms with Gasteiger partial charge in [-0.1, -0.05) is 36.4 Å². The molecule has 0 amide bonds. The van der Waals surface area contributed by atoms with Crippen LogP contribution in [0.5, 0.6) is 0 Å². The van der Waals surface area contributed by atoms with Gasteiger partial charge >= 0.3 is 6.16 Å². The molecule has 2 rings (SSSR count). The molecule has 0 atom stereocenters. The minimum absolute atomic E-state index is 0.0775. The van der Waals surface area contributed by atoms with Crippen LogP contribution in [0, 0.1) is 0 Å². The van der Waals surface area contributed by atoms with Crippen LogP contribution in [-0.4, -0.2) is 6.16 Å². The van der Waals surface area contributed by atoms with Gasteiger partial charge in [-0.2, -0.15) is 0 Å². The van der Waals surface area contributed by atoms with Crippen molar-refractivity contribution >= 4 is 44.0 Å². The van der Waals surface area contributed by atoms with Crippen molar-refractivity contribution in [3.8, 4) is 0 Å². The van der Waals surface area contributed by atoms with Gasteiger partial charge in [0.15, 0.2) is 0 Å². The number of hydrogen-bond donors (Lipinski definition) is 3. The zero-order chi connectivity index (χ0) is 15.2. The molecule has 0 fully saturated rings. The molecule has 110 valence electrons. The third-order valence-electron chi connectivity index (χ3n) is 2.76. The summed E-state index contributed by atoms with van der Waals surface area (Å²) >= 11 is 12.9. The van der Waals surface area contributed by atoms with Crippen molar-refractivity contribution in [2.24, 2.45) is 0 Å². The normalized spacial score (nSPS) is 10.2. The van der Waals surface area contributed by atoms with Gasteiger partial charge in [-0.15, -0.1) is 37.9 Å². The minimum Gasteiger partial charge on any atom is -0.429 e. The van der Waals surface area contributed by atoms with Gasteiger partial charge < -0.3 is 9.47 Å². The number of rotatable bonds is 4. The largest absolute Gasteiger partial charge is 0.508 e. The summed E-state index contributed by atoms with van der Waals surface area (Å²) in [7, 11) is 0. The van der Waals surface area contributed by atoms with Gasteiger partial charge in [0.05, 0.1) is 0 Å². The zero-order valence-corrected chi connectivity index (χ0v) is 13.7. The number of thiol groups is 3. The fourth-order valence-electron chi connectivity index (χ4n) is 1.62. The number of benzene rings is 2. The maximum atomic E-state index is 11.5. The molecule has 0 heterocycles. The van der Waals surface area contributed by atoms with Crippen molar-refractivity contribution < 1.29 is 14.3 Å². The van der Waals surface area contributed by atoms with E-state index in [0.29, 0.717) is 9.79 Å². The quantitative estimate of drug-likeness (QED) is 0.571. The van der Waals surface area contributed by atoms with E-state index in [9.17, 15) is 4.79 Å². The summed E-state index contributed by atoms with van der Waals surface area (Å²) in [4.78, 5) is 13.6. The van der Waals surface area contributed by atoms with Crippen LogP contribution >= 0.6 is 37.9 Å². The highest BCUT2D eigenvalue weighted by Crippen LogP contribution is 2.29. The molecular formula is C15H14O3S3. The van der Waals surface area contributed by atoms with Crippen molar-refractivity contribution in [3.63, 3.8) is 0 Å². The number of ether oxygens (including phenoxy) is 2. The minimum atomic E-state index is -0.720. The molecule has 21 heavy (non-hydrogen) atoms. The van der Waals surface area contributed by atoms with Crippen molar-refractivity contribution in [1.29, 1.82) is 0 Å². The lowest BCUT2D eigenvalue weighted by atomic mass is 10.2. The Morgan fingerprint density at radius 3 is 2.24 bits per heavy atom. The summed E-state index contributed by atoms with van der Waals surface area (Å²) < 4.78 is 10.1. The Labute approximate surface area is 139 Å². The molecule has 6 heteroatoms. The summed E-state index contributed by atoms with van der Waals surface area (Å²) in [6.45, 7) is 0.259. The lowest BCUT2D eigenvalue weighted by Gasteiger charge is -2.10. The maximum Gasteiger partial charge on any atom is 0.508 e. The van der Waals surface area contributed by atoms with E-state index < -0.39 is 6.16 Å². The summed E-state index contributed by atoms with van der Waals surface area (Å²) in [6, 6.07) is 13.0. The van der Waals surface area contributed by atoms with Crippen LogP contribution in [0.25, 0.3) is 0 Å². The zero-order valence-electron chi connectivity index (χ0n) is 11.0. The second kappa shape index (κ2) is 7.68. The Morgan fingerprint density at radius 2 is 1.52 bits per heavy atom. The molecule has 0 radical (unpaired) electrons. The number of hydrogen-bond acceptors (Lipinski definition) is 6. The van der Waals surface area contributed by atoms with Gasteiger partial charge in [-0.05, 0) is 11.6 Å². The number of carbonyl (C=O) groups excluding carboxylic acids is 1. The molecule has 0 N–H and O–H groups in total. The molecule has 0 aromatic heterocycles. The average molecular weight is 338 g/mol. The topological polar surface area (TPSA) is 35.5 Å². The van der Waals surface area contributed by atoms with Gasteiger partial charge in [-0.3, -0.25) is 0 Å². The molecule has 0 unspecified atom stereocenters. The van der Waals surface area contributed by atoms with Crippen LogP contribution in [-0.2, 0) is 22.7 Å². The first-order valence-electron chi connectivity index (χ1n) is 6.14. The smallest absolute Gasteiger partial charge is 0.429 e. The SMILES string of the molecule is O=C(OCc1ccccc1)OCc1ccc(S)c(S)c1S. The van der Waals surface area contributed by atoms with Gasteiger partial charge in [-0.25, -0.2) is 4.79 Å². The fourth-order valence-corrected chi connectivity index (χ4v) is 2.37. The summed E-state index contributed by atoms with van der Waals surface area (Å²) in [6.07, 6.45) is -0.720. The van der Waals surface area contributed by atoms with E-state index in [1.54, 1.807) is 12.1 Å². The third kappa shape index (κ3) is 4.62. The Balaban J connectivity index is 1.86. The molecule has 0 aliphatic heterocycles. The summed E-state index contributed by atoms with van der Waals surface area (Å²) in [5.41, 5.74) is 1.65. The van der Waals surface area contributed by atoms with Crippen LogP contribution in [0.15, 0.2) is 57.2 Å². The second-order valence-electron chi connectivity index (χ2n) is 4.25. The predicted octanol–water partition coefficient (Wildman–Crippen LogP) is 4.41. The Bertz CT molecular complexity index is 630. The highest BCUT2D eigenvalue weighted by Gasteiger charge is 2.09. The second-order valence-corrected chi connectivity index (χ2v) is 5.63. The highest BCUT2D eigenvalue weighted by molar-refractivity contribution is 7.85. The van der Waals surface area contributed by atoms with E-state index >= 15 is 0 Å². The van der Waals surface area contributed by atoms with Gasteiger partial charge in [0.25, 0.3) is 0 Å². The van der Waals surface area contributed by atoms with Gasteiger partial charge in [0.2, 0.25) is 0 Å². The molecule has 0 aliphatic rings. The predicted molar refractivity (Wildman–Crippen MR) is 89.6 cm³/mol.